The van der Waals surface area contributed by atoms with Crippen LogP contribution in [0.3, 0.4) is 0 Å². The number of hydrogen-bond donors (Lipinski definition) is 1. The Hall–Kier alpha value is -0.610. The Morgan fingerprint density at radius 3 is 2.94 bits per heavy atom. The topological polar surface area (TPSA) is 55.6 Å². The fourth-order valence-corrected chi connectivity index (χ4v) is 3.38. The average Bonchev–Trinajstić information content (AvgIpc) is 2.74. The molecular formula is C14H26N2O2. The summed E-state index contributed by atoms with van der Waals surface area (Å²) in [4.78, 5) is 14.4. The van der Waals surface area contributed by atoms with Gasteiger partial charge < -0.3 is 15.4 Å². The van der Waals surface area contributed by atoms with E-state index < -0.39 is 5.54 Å². The Bertz CT molecular complexity index is 308. The summed E-state index contributed by atoms with van der Waals surface area (Å²) >= 11 is 0. The zero-order valence-corrected chi connectivity index (χ0v) is 11.7. The van der Waals surface area contributed by atoms with Gasteiger partial charge in [0.25, 0.3) is 0 Å². The molecule has 3 unspecified atom stereocenters. The second-order valence-electron chi connectivity index (χ2n) is 6.02. The van der Waals surface area contributed by atoms with E-state index in [1.165, 1.54) is 12.8 Å². The monoisotopic (exact) mass is 254 g/mol. The lowest BCUT2D eigenvalue weighted by Crippen LogP contribution is -2.49. The minimum Gasteiger partial charge on any atom is -0.465 e. The Kier molecular flexibility index (Phi) is 4.28. The van der Waals surface area contributed by atoms with Crippen LogP contribution in [0.1, 0.15) is 46.0 Å². The number of hydrogen-bond acceptors (Lipinski definition) is 4. The van der Waals surface area contributed by atoms with E-state index in [0.29, 0.717) is 12.6 Å². The number of nitrogens with zero attached hydrogens (tertiary/aromatic N) is 1. The van der Waals surface area contributed by atoms with Crippen molar-refractivity contribution in [2.45, 2.75) is 57.5 Å². The first-order valence-electron chi connectivity index (χ1n) is 7.25. The van der Waals surface area contributed by atoms with Crippen molar-refractivity contribution in [3.05, 3.63) is 0 Å². The standard InChI is InChI=1S/C14H26N2O2/c1-3-18-13(17)14(15)7-6-12(9-14)16-8-4-5-11(2)10-16/h11-12H,3-10,15H2,1-2H3. The van der Waals surface area contributed by atoms with E-state index in [2.05, 4.69) is 11.8 Å². The molecule has 0 spiro atoms. The van der Waals surface area contributed by atoms with Crippen LogP contribution in [-0.4, -0.2) is 42.1 Å². The third-order valence-electron chi connectivity index (χ3n) is 4.41. The molecule has 18 heavy (non-hydrogen) atoms. The van der Waals surface area contributed by atoms with Crippen LogP contribution < -0.4 is 5.73 Å². The van der Waals surface area contributed by atoms with Gasteiger partial charge in [-0.05, 0) is 51.5 Å². The summed E-state index contributed by atoms with van der Waals surface area (Å²) in [5, 5.41) is 0. The summed E-state index contributed by atoms with van der Waals surface area (Å²) in [6.45, 7) is 6.88. The molecule has 0 aromatic rings. The fourth-order valence-electron chi connectivity index (χ4n) is 3.38. The summed E-state index contributed by atoms with van der Waals surface area (Å²) in [5.41, 5.74) is 5.48. The summed E-state index contributed by atoms with van der Waals surface area (Å²) < 4.78 is 5.10. The largest absolute Gasteiger partial charge is 0.465 e. The normalized spacial score (nSPS) is 37.7. The van der Waals surface area contributed by atoms with Crippen molar-refractivity contribution in [3.8, 4) is 0 Å². The number of rotatable bonds is 3. The van der Waals surface area contributed by atoms with Gasteiger partial charge in [0.1, 0.15) is 5.54 Å². The highest BCUT2D eigenvalue weighted by molar-refractivity contribution is 5.81. The number of carbonyl (C=O) groups excluding carboxylic acids is 1. The molecule has 2 fully saturated rings. The van der Waals surface area contributed by atoms with Crippen molar-refractivity contribution in [1.29, 1.82) is 0 Å². The van der Waals surface area contributed by atoms with Crippen LogP contribution in [-0.2, 0) is 9.53 Å². The quantitative estimate of drug-likeness (QED) is 0.776. The molecule has 0 aromatic heterocycles. The molecule has 0 bridgehead atoms. The van der Waals surface area contributed by atoms with Crippen molar-refractivity contribution in [2.24, 2.45) is 11.7 Å². The predicted molar refractivity (Wildman–Crippen MR) is 71.2 cm³/mol. The van der Waals surface area contributed by atoms with E-state index in [9.17, 15) is 4.79 Å². The van der Waals surface area contributed by atoms with Gasteiger partial charge in [-0.2, -0.15) is 0 Å². The first kappa shape index (κ1) is 13.8. The predicted octanol–water partition coefficient (Wildman–Crippen LogP) is 1.53. The molecule has 2 aliphatic rings. The lowest BCUT2D eigenvalue weighted by molar-refractivity contribution is -0.149. The van der Waals surface area contributed by atoms with E-state index in [0.717, 1.165) is 38.3 Å². The van der Waals surface area contributed by atoms with Crippen LogP contribution in [0.5, 0.6) is 0 Å². The lowest BCUT2D eigenvalue weighted by atomic mass is 9.96. The maximum absolute atomic E-state index is 11.9. The second kappa shape index (κ2) is 5.57. The number of likely N-dealkylation sites (tertiary alicyclic amines) is 1. The van der Waals surface area contributed by atoms with E-state index >= 15 is 0 Å². The van der Waals surface area contributed by atoms with Gasteiger partial charge in [-0.3, -0.25) is 4.79 Å². The lowest BCUT2D eigenvalue weighted by Gasteiger charge is -2.36. The van der Waals surface area contributed by atoms with Crippen LogP contribution in [0.4, 0.5) is 0 Å². The van der Waals surface area contributed by atoms with E-state index in [1.807, 2.05) is 6.92 Å². The molecule has 1 saturated heterocycles. The molecule has 0 radical (unpaired) electrons. The SMILES string of the molecule is CCOC(=O)C1(N)CCC(N2CCCC(C)C2)C1. The molecule has 4 heteroatoms. The van der Waals surface area contributed by atoms with Gasteiger partial charge in [-0.25, -0.2) is 0 Å². The van der Waals surface area contributed by atoms with Crippen molar-refractivity contribution in [3.63, 3.8) is 0 Å². The molecular weight excluding hydrogens is 228 g/mol. The first-order valence-corrected chi connectivity index (χ1v) is 7.25. The minimum atomic E-state index is -0.735. The van der Waals surface area contributed by atoms with Gasteiger partial charge in [0.2, 0.25) is 0 Å². The third-order valence-corrected chi connectivity index (χ3v) is 4.41. The van der Waals surface area contributed by atoms with E-state index in [-0.39, 0.29) is 5.97 Å². The minimum absolute atomic E-state index is 0.211. The smallest absolute Gasteiger partial charge is 0.326 e. The molecule has 1 aliphatic heterocycles. The van der Waals surface area contributed by atoms with Gasteiger partial charge in [0.05, 0.1) is 6.61 Å². The molecule has 1 aliphatic carbocycles. The van der Waals surface area contributed by atoms with Crippen LogP contribution >= 0.6 is 0 Å². The molecule has 2 rings (SSSR count). The zero-order chi connectivity index (χ0) is 13.2. The Labute approximate surface area is 110 Å². The third kappa shape index (κ3) is 2.86. The zero-order valence-electron chi connectivity index (χ0n) is 11.7. The summed E-state index contributed by atoms with van der Waals surface area (Å²) in [7, 11) is 0. The molecule has 4 nitrogen and oxygen atoms in total. The summed E-state index contributed by atoms with van der Waals surface area (Å²) in [6.07, 6.45) is 5.16. The fraction of sp³-hybridized carbons (Fsp3) is 0.929. The number of carbonyl (C=O) groups is 1. The molecule has 0 amide bonds. The first-order chi connectivity index (χ1) is 8.55. The van der Waals surface area contributed by atoms with Gasteiger partial charge in [-0.15, -0.1) is 0 Å². The Balaban J connectivity index is 1.92. The summed E-state index contributed by atoms with van der Waals surface area (Å²) in [6, 6.07) is 0.474. The number of piperidine rings is 1. The van der Waals surface area contributed by atoms with Gasteiger partial charge in [0, 0.05) is 12.6 Å². The average molecular weight is 254 g/mol. The van der Waals surface area contributed by atoms with Crippen LogP contribution in [0, 0.1) is 5.92 Å². The van der Waals surface area contributed by atoms with Crippen molar-refractivity contribution < 1.29 is 9.53 Å². The Morgan fingerprint density at radius 2 is 2.28 bits per heavy atom. The number of esters is 1. The van der Waals surface area contributed by atoms with Crippen LogP contribution in [0.15, 0.2) is 0 Å². The molecule has 3 atom stereocenters. The second-order valence-corrected chi connectivity index (χ2v) is 6.02. The highest BCUT2D eigenvalue weighted by Crippen LogP contribution is 2.34. The Morgan fingerprint density at radius 1 is 1.50 bits per heavy atom. The van der Waals surface area contributed by atoms with Gasteiger partial charge in [0.15, 0.2) is 0 Å². The highest BCUT2D eigenvalue weighted by Gasteiger charge is 2.45. The number of ether oxygens (including phenoxy) is 1. The molecule has 104 valence electrons. The maximum atomic E-state index is 11.9. The van der Waals surface area contributed by atoms with E-state index in [4.69, 9.17) is 10.5 Å². The maximum Gasteiger partial charge on any atom is 0.326 e. The molecule has 0 aromatic carbocycles. The van der Waals surface area contributed by atoms with Crippen molar-refractivity contribution >= 4 is 5.97 Å². The van der Waals surface area contributed by atoms with E-state index in [1.54, 1.807) is 0 Å². The summed E-state index contributed by atoms with van der Waals surface area (Å²) in [5.74, 6) is 0.562. The molecule has 1 heterocycles. The molecule has 2 N–H and O–H groups in total. The van der Waals surface area contributed by atoms with Gasteiger partial charge >= 0.3 is 5.97 Å². The highest BCUT2D eigenvalue weighted by atomic mass is 16.5. The van der Waals surface area contributed by atoms with Crippen LogP contribution in [0.25, 0.3) is 0 Å². The molecule has 1 saturated carbocycles. The van der Waals surface area contributed by atoms with Crippen LogP contribution in [0.2, 0.25) is 0 Å². The van der Waals surface area contributed by atoms with Gasteiger partial charge in [-0.1, -0.05) is 6.92 Å². The van der Waals surface area contributed by atoms with Crippen molar-refractivity contribution in [2.75, 3.05) is 19.7 Å². The van der Waals surface area contributed by atoms with Crippen molar-refractivity contribution in [1.82, 2.24) is 4.90 Å². The number of nitrogens with two attached hydrogens (primary N) is 1.